The van der Waals surface area contributed by atoms with E-state index in [9.17, 15) is 14.0 Å². The summed E-state index contributed by atoms with van der Waals surface area (Å²) in [7, 11) is 0. The molecule has 1 aromatic carbocycles. The van der Waals surface area contributed by atoms with Crippen LogP contribution in [0.4, 0.5) is 9.18 Å². The van der Waals surface area contributed by atoms with Crippen molar-refractivity contribution >= 4 is 12.0 Å². The van der Waals surface area contributed by atoms with Crippen LogP contribution in [0, 0.1) is 11.7 Å². The molecule has 0 spiro atoms. The number of benzene rings is 1. The lowest BCUT2D eigenvalue weighted by molar-refractivity contribution is -0.148. The van der Waals surface area contributed by atoms with Crippen LogP contribution in [-0.4, -0.2) is 18.6 Å². The Kier molecular flexibility index (Phi) is 5.73. The Labute approximate surface area is 134 Å². The molecular weight excluding hydrogens is 299 g/mol. The van der Waals surface area contributed by atoms with E-state index in [4.69, 9.17) is 4.74 Å². The highest BCUT2D eigenvalue weighted by atomic mass is 19.1. The molecule has 0 unspecified atom stereocenters. The van der Waals surface area contributed by atoms with Gasteiger partial charge in [-0.25, -0.2) is 9.18 Å². The zero-order chi connectivity index (χ0) is 16.8. The lowest BCUT2D eigenvalue weighted by atomic mass is 9.89. The lowest BCUT2D eigenvalue weighted by Crippen LogP contribution is -2.51. The van der Waals surface area contributed by atoms with E-state index in [0.29, 0.717) is 12.2 Å². The highest BCUT2D eigenvalue weighted by molar-refractivity contribution is 5.85. The minimum absolute atomic E-state index is 0.281. The van der Waals surface area contributed by atoms with Crippen LogP contribution < -0.4 is 10.6 Å². The van der Waals surface area contributed by atoms with Gasteiger partial charge in [-0.2, -0.15) is 0 Å². The molecule has 2 amide bonds. The zero-order valence-electron chi connectivity index (χ0n) is 13.1. The number of hydrogen-bond donors (Lipinski definition) is 2. The molecule has 23 heavy (non-hydrogen) atoms. The van der Waals surface area contributed by atoms with Crippen molar-refractivity contribution in [2.24, 2.45) is 5.92 Å². The Morgan fingerprint density at radius 3 is 2.65 bits per heavy atom. The van der Waals surface area contributed by atoms with Gasteiger partial charge in [-0.05, 0) is 24.1 Å². The summed E-state index contributed by atoms with van der Waals surface area (Å²) in [4.78, 5) is 24.1. The standard InChI is InChI=1S/C17H21FN2O3/c1-3-4-5-10-23-16(21)14-11(2)19-17(22)20-15(14)12-6-8-13(18)9-7-12/h6-9,14-15H,2-5,10H2,1H3,(H2,19,20,22)/t14-,15-/m1/s1. The van der Waals surface area contributed by atoms with Crippen molar-refractivity contribution in [3.63, 3.8) is 0 Å². The number of carbonyl (C=O) groups excluding carboxylic acids is 2. The summed E-state index contributed by atoms with van der Waals surface area (Å²) in [5.41, 5.74) is 0.904. The van der Waals surface area contributed by atoms with E-state index >= 15 is 0 Å². The molecule has 1 aromatic rings. The van der Waals surface area contributed by atoms with E-state index < -0.39 is 24.0 Å². The first kappa shape index (κ1) is 17.0. The molecule has 2 rings (SSSR count). The molecule has 0 radical (unpaired) electrons. The van der Waals surface area contributed by atoms with Crippen LogP contribution in [0.2, 0.25) is 0 Å². The number of unbranched alkanes of at least 4 members (excludes halogenated alkanes) is 2. The number of halogens is 1. The van der Waals surface area contributed by atoms with Gasteiger partial charge in [0.1, 0.15) is 11.7 Å². The van der Waals surface area contributed by atoms with Gasteiger partial charge in [-0.15, -0.1) is 0 Å². The second-order valence-electron chi connectivity index (χ2n) is 5.51. The van der Waals surface area contributed by atoms with Gasteiger partial charge in [-0.3, -0.25) is 4.79 Å². The third-order valence-corrected chi connectivity index (χ3v) is 3.74. The highest BCUT2D eigenvalue weighted by Gasteiger charge is 2.38. The van der Waals surface area contributed by atoms with Crippen molar-refractivity contribution in [1.82, 2.24) is 10.6 Å². The van der Waals surface area contributed by atoms with Crippen molar-refractivity contribution in [2.75, 3.05) is 6.61 Å². The fraction of sp³-hybridized carbons (Fsp3) is 0.412. The fourth-order valence-electron chi connectivity index (χ4n) is 2.52. The molecule has 0 bridgehead atoms. The van der Waals surface area contributed by atoms with Crippen molar-refractivity contribution in [3.8, 4) is 0 Å². The minimum Gasteiger partial charge on any atom is -0.465 e. The average Bonchev–Trinajstić information content (AvgIpc) is 2.51. The number of esters is 1. The number of hydrogen-bond acceptors (Lipinski definition) is 3. The summed E-state index contributed by atoms with van der Waals surface area (Å²) < 4.78 is 18.4. The van der Waals surface area contributed by atoms with Crippen LogP contribution in [-0.2, 0) is 9.53 Å². The van der Waals surface area contributed by atoms with E-state index in [2.05, 4.69) is 24.1 Å². The predicted octanol–water partition coefficient (Wildman–Crippen LogP) is 3.04. The topological polar surface area (TPSA) is 67.4 Å². The number of ether oxygens (including phenoxy) is 1. The van der Waals surface area contributed by atoms with E-state index in [1.165, 1.54) is 24.3 Å². The van der Waals surface area contributed by atoms with E-state index in [0.717, 1.165) is 19.3 Å². The first-order valence-electron chi connectivity index (χ1n) is 7.71. The molecular formula is C17H21FN2O3. The second kappa shape index (κ2) is 7.76. The molecule has 1 heterocycles. The van der Waals surface area contributed by atoms with Crippen LogP contribution >= 0.6 is 0 Å². The molecule has 2 N–H and O–H groups in total. The van der Waals surface area contributed by atoms with Crippen LogP contribution in [0.15, 0.2) is 36.5 Å². The maximum atomic E-state index is 13.1. The zero-order valence-corrected chi connectivity index (χ0v) is 13.1. The van der Waals surface area contributed by atoms with Gasteiger partial charge in [-0.1, -0.05) is 38.5 Å². The number of carbonyl (C=O) groups is 2. The van der Waals surface area contributed by atoms with Crippen LogP contribution in [0.5, 0.6) is 0 Å². The summed E-state index contributed by atoms with van der Waals surface area (Å²) in [6.07, 6.45) is 2.81. The van der Waals surface area contributed by atoms with Gasteiger partial charge < -0.3 is 15.4 Å². The molecule has 0 aliphatic carbocycles. The van der Waals surface area contributed by atoms with Crippen molar-refractivity contribution < 1.29 is 18.7 Å². The molecule has 6 heteroatoms. The van der Waals surface area contributed by atoms with Gasteiger partial charge >= 0.3 is 12.0 Å². The fourth-order valence-corrected chi connectivity index (χ4v) is 2.52. The second-order valence-corrected chi connectivity index (χ2v) is 5.51. The van der Waals surface area contributed by atoms with Crippen molar-refractivity contribution in [1.29, 1.82) is 0 Å². The monoisotopic (exact) mass is 320 g/mol. The van der Waals surface area contributed by atoms with Crippen molar-refractivity contribution in [2.45, 2.75) is 32.2 Å². The van der Waals surface area contributed by atoms with Gasteiger partial charge in [0.25, 0.3) is 0 Å². The van der Waals surface area contributed by atoms with Gasteiger partial charge in [0, 0.05) is 5.70 Å². The van der Waals surface area contributed by atoms with E-state index in [1.807, 2.05) is 0 Å². The summed E-state index contributed by atoms with van der Waals surface area (Å²) in [6, 6.07) is 4.58. The quantitative estimate of drug-likeness (QED) is 0.625. The molecule has 124 valence electrons. The summed E-state index contributed by atoms with van der Waals surface area (Å²) in [5, 5.41) is 5.18. The Hall–Kier alpha value is -2.37. The average molecular weight is 320 g/mol. The molecule has 1 aliphatic heterocycles. The Morgan fingerprint density at radius 1 is 1.30 bits per heavy atom. The van der Waals surface area contributed by atoms with Crippen LogP contribution in [0.25, 0.3) is 0 Å². The maximum Gasteiger partial charge on any atom is 0.319 e. The first-order chi connectivity index (χ1) is 11.0. The SMILES string of the molecule is C=C1NC(=O)N[C@H](c2ccc(F)cc2)[C@@H]1C(=O)OCCCCC. The number of urea groups is 1. The minimum atomic E-state index is -0.750. The number of rotatable bonds is 6. The molecule has 5 nitrogen and oxygen atoms in total. The summed E-state index contributed by atoms with van der Waals surface area (Å²) in [5.74, 6) is -1.58. The number of amides is 2. The largest absolute Gasteiger partial charge is 0.465 e. The smallest absolute Gasteiger partial charge is 0.319 e. The highest BCUT2D eigenvalue weighted by Crippen LogP contribution is 2.30. The Bertz CT molecular complexity index is 586. The molecule has 0 saturated carbocycles. The molecule has 2 atom stereocenters. The Morgan fingerprint density at radius 2 is 2.00 bits per heavy atom. The normalized spacial score (nSPS) is 20.6. The van der Waals surface area contributed by atoms with E-state index in [-0.39, 0.29) is 11.5 Å². The van der Waals surface area contributed by atoms with E-state index in [1.54, 1.807) is 0 Å². The molecule has 1 fully saturated rings. The van der Waals surface area contributed by atoms with Crippen LogP contribution in [0.1, 0.15) is 37.8 Å². The van der Waals surface area contributed by atoms with Crippen molar-refractivity contribution in [3.05, 3.63) is 47.9 Å². The van der Waals surface area contributed by atoms with Gasteiger partial charge in [0.2, 0.25) is 0 Å². The molecule has 1 aliphatic rings. The molecule has 0 aromatic heterocycles. The van der Waals surface area contributed by atoms with Crippen LogP contribution in [0.3, 0.4) is 0 Å². The van der Waals surface area contributed by atoms with Gasteiger partial charge in [0.15, 0.2) is 0 Å². The third kappa shape index (κ3) is 4.31. The molecule has 1 saturated heterocycles. The summed E-state index contributed by atoms with van der Waals surface area (Å²) in [6.45, 7) is 6.16. The lowest BCUT2D eigenvalue weighted by Gasteiger charge is -2.33. The summed E-state index contributed by atoms with van der Waals surface area (Å²) >= 11 is 0. The third-order valence-electron chi connectivity index (χ3n) is 3.74. The maximum absolute atomic E-state index is 13.1. The first-order valence-corrected chi connectivity index (χ1v) is 7.71. The Balaban J connectivity index is 2.14. The predicted molar refractivity (Wildman–Crippen MR) is 83.9 cm³/mol. The number of nitrogens with one attached hydrogen (secondary N) is 2. The van der Waals surface area contributed by atoms with Gasteiger partial charge in [0.05, 0.1) is 12.6 Å².